The van der Waals surface area contributed by atoms with Crippen molar-refractivity contribution in [3.63, 3.8) is 0 Å². The number of nitroso groups, excluding NO2 is 1. The minimum atomic E-state index is -5.02. The number of piperidine rings is 1. The van der Waals surface area contributed by atoms with Crippen LogP contribution < -0.4 is 0 Å². The highest BCUT2D eigenvalue weighted by atomic mass is 19.4. The Morgan fingerprint density at radius 2 is 1.86 bits per heavy atom. The first-order valence-electron chi connectivity index (χ1n) is 8.40. The largest absolute Gasteiger partial charge is 0.433 e. The molecule has 2 aromatic rings. The molecule has 1 N–H and O–H groups in total. The van der Waals surface area contributed by atoms with Crippen molar-refractivity contribution in [1.29, 1.82) is 0 Å². The van der Waals surface area contributed by atoms with Gasteiger partial charge in [-0.3, -0.25) is 5.01 Å². The summed E-state index contributed by atoms with van der Waals surface area (Å²) in [5.41, 5.74) is -4.16. The van der Waals surface area contributed by atoms with E-state index in [1.165, 1.54) is 0 Å². The molecule has 2 atom stereocenters. The lowest BCUT2D eigenvalue weighted by Crippen LogP contribution is -2.39. The number of pyridine rings is 1. The number of halogens is 6. The van der Waals surface area contributed by atoms with Crippen molar-refractivity contribution >= 4 is 10.9 Å². The molecule has 1 saturated heterocycles. The highest BCUT2D eigenvalue weighted by molar-refractivity contribution is 5.86. The Labute approximate surface area is 154 Å². The van der Waals surface area contributed by atoms with Crippen LogP contribution in [0.2, 0.25) is 0 Å². The zero-order chi connectivity index (χ0) is 20.7. The van der Waals surface area contributed by atoms with Crippen LogP contribution in [0.4, 0.5) is 26.3 Å². The van der Waals surface area contributed by atoms with Gasteiger partial charge in [0.05, 0.1) is 22.4 Å². The average Bonchev–Trinajstić information content (AvgIpc) is 2.64. The van der Waals surface area contributed by atoms with Crippen LogP contribution in [0, 0.1) is 4.91 Å². The summed E-state index contributed by atoms with van der Waals surface area (Å²) in [4.78, 5) is 14.2. The predicted octanol–water partition coefficient (Wildman–Crippen LogP) is 4.84. The Morgan fingerprint density at radius 1 is 1.14 bits per heavy atom. The molecule has 1 aliphatic heterocycles. The Bertz CT molecular complexity index is 884. The van der Waals surface area contributed by atoms with Crippen molar-refractivity contribution in [2.45, 2.75) is 43.8 Å². The topological polar surface area (TPSA) is 65.8 Å². The van der Waals surface area contributed by atoms with E-state index in [0.29, 0.717) is 25.0 Å². The molecule has 0 amide bonds. The van der Waals surface area contributed by atoms with Gasteiger partial charge in [0.25, 0.3) is 0 Å². The Morgan fingerprint density at radius 3 is 2.46 bits per heavy atom. The third-order valence-corrected chi connectivity index (χ3v) is 4.78. The van der Waals surface area contributed by atoms with Crippen molar-refractivity contribution in [2.75, 3.05) is 6.54 Å². The van der Waals surface area contributed by atoms with E-state index in [2.05, 4.69) is 10.3 Å². The van der Waals surface area contributed by atoms with Crippen molar-refractivity contribution in [3.8, 4) is 0 Å². The van der Waals surface area contributed by atoms with Gasteiger partial charge >= 0.3 is 12.4 Å². The number of para-hydroxylation sites is 1. The normalized spacial score (nSPS) is 19.7. The number of hydrogen-bond donors (Lipinski definition) is 1. The monoisotopic (exact) mass is 407 g/mol. The van der Waals surface area contributed by atoms with Crippen LogP contribution in [0.5, 0.6) is 0 Å². The van der Waals surface area contributed by atoms with Crippen LogP contribution in [0.15, 0.2) is 29.6 Å². The number of aliphatic hydroxyl groups excluding tert-OH is 1. The van der Waals surface area contributed by atoms with E-state index in [9.17, 15) is 36.4 Å². The Kier molecular flexibility index (Phi) is 5.22. The van der Waals surface area contributed by atoms with Gasteiger partial charge in [-0.2, -0.15) is 26.3 Å². The van der Waals surface area contributed by atoms with Crippen molar-refractivity contribution < 1.29 is 31.4 Å². The van der Waals surface area contributed by atoms with Gasteiger partial charge in [-0.25, -0.2) is 4.98 Å². The summed E-state index contributed by atoms with van der Waals surface area (Å²) in [5, 5.41) is 14.3. The van der Waals surface area contributed by atoms with Gasteiger partial charge in [-0.05, 0) is 37.0 Å². The molecule has 3 rings (SSSR count). The first-order chi connectivity index (χ1) is 13.0. The number of alkyl halides is 6. The maximum atomic E-state index is 13.3. The molecule has 0 spiro atoms. The number of aromatic nitrogens is 1. The average molecular weight is 407 g/mol. The SMILES string of the molecule is O=NN1CCCC[C@@H]1[C@@H](O)c1cc(C(F)(F)F)nc2c(C(F)(F)F)cccc12. The van der Waals surface area contributed by atoms with Crippen LogP contribution >= 0.6 is 0 Å². The second kappa shape index (κ2) is 7.19. The van der Waals surface area contributed by atoms with Crippen LogP contribution in [-0.4, -0.2) is 27.7 Å². The maximum absolute atomic E-state index is 13.3. The van der Waals surface area contributed by atoms with Gasteiger partial charge < -0.3 is 5.11 Å². The van der Waals surface area contributed by atoms with Crippen LogP contribution in [0.25, 0.3) is 10.9 Å². The third kappa shape index (κ3) is 3.75. The first-order valence-corrected chi connectivity index (χ1v) is 8.40. The van der Waals surface area contributed by atoms with Gasteiger partial charge in [0.15, 0.2) is 0 Å². The first kappa shape index (κ1) is 20.3. The fourth-order valence-electron chi connectivity index (χ4n) is 3.46. The predicted molar refractivity (Wildman–Crippen MR) is 86.8 cm³/mol. The molecular weight excluding hydrogens is 392 g/mol. The van der Waals surface area contributed by atoms with Crippen LogP contribution in [-0.2, 0) is 12.4 Å². The fourth-order valence-corrected chi connectivity index (χ4v) is 3.46. The number of fused-ring (bicyclic) bond motifs is 1. The quantitative estimate of drug-likeness (QED) is 0.584. The summed E-state index contributed by atoms with van der Waals surface area (Å²) < 4.78 is 79.7. The molecule has 1 fully saturated rings. The summed E-state index contributed by atoms with van der Waals surface area (Å²) in [7, 11) is 0. The van der Waals surface area contributed by atoms with Crippen LogP contribution in [0.1, 0.15) is 42.2 Å². The molecule has 0 radical (unpaired) electrons. The summed E-state index contributed by atoms with van der Waals surface area (Å²) in [6, 6.07) is 2.42. The molecular formula is C17H15F6N3O2. The zero-order valence-corrected chi connectivity index (χ0v) is 14.3. The van der Waals surface area contributed by atoms with Crippen molar-refractivity contribution in [2.24, 2.45) is 5.29 Å². The lowest BCUT2D eigenvalue weighted by molar-refractivity contribution is -0.142. The molecule has 1 aromatic heterocycles. The molecule has 11 heteroatoms. The molecule has 2 heterocycles. The Balaban J connectivity index is 2.24. The summed E-state index contributed by atoms with van der Waals surface area (Å²) in [6.07, 6.45) is -10.1. The van der Waals surface area contributed by atoms with E-state index in [1.807, 2.05) is 0 Å². The lowest BCUT2D eigenvalue weighted by Gasteiger charge is -2.34. The number of rotatable bonds is 3. The summed E-state index contributed by atoms with van der Waals surface area (Å²) >= 11 is 0. The number of nitrogens with zero attached hydrogens (tertiary/aromatic N) is 3. The van der Waals surface area contributed by atoms with E-state index >= 15 is 0 Å². The number of benzene rings is 1. The molecule has 0 bridgehead atoms. The second-order valence-electron chi connectivity index (χ2n) is 6.55. The second-order valence-corrected chi connectivity index (χ2v) is 6.55. The minimum Gasteiger partial charge on any atom is -0.386 e. The molecule has 0 saturated carbocycles. The van der Waals surface area contributed by atoms with E-state index in [1.54, 1.807) is 0 Å². The Hall–Kier alpha value is -2.43. The van der Waals surface area contributed by atoms with E-state index in [0.717, 1.165) is 17.1 Å². The zero-order valence-electron chi connectivity index (χ0n) is 14.3. The fraction of sp³-hybridized carbons (Fsp3) is 0.471. The highest BCUT2D eigenvalue weighted by Gasteiger charge is 2.39. The minimum absolute atomic E-state index is 0.203. The highest BCUT2D eigenvalue weighted by Crippen LogP contribution is 2.40. The van der Waals surface area contributed by atoms with Gasteiger partial charge in [0, 0.05) is 11.9 Å². The van der Waals surface area contributed by atoms with E-state index in [4.69, 9.17) is 0 Å². The number of aliphatic hydroxyl groups is 1. The number of hydrogen-bond acceptors (Lipinski definition) is 4. The van der Waals surface area contributed by atoms with Gasteiger partial charge in [0.2, 0.25) is 0 Å². The third-order valence-electron chi connectivity index (χ3n) is 4.78. The van der Waals surface area contributed by atoms with Crippen molar-refractivity contribution in [3.05, 3.63) is 46.0 Å². The smallest absolute Gasteiger partial charge is 0.386 e. The molecule has 0 unspecified atom stereocenters. The van der Waals surface area contributed by atoms with Crippen LogP contribution in [0.3, 0.4) is 0 Å². The van der Waals surface area contributed by atoms with E-state index in [-0.39, 0.29) is 23.9 Å². The lowest BCUT2D eigenvalue weighted by atomic mass is 9.91. The molecule has 0 aliphatic carbocycles. The van der Waals surface area contributed by atoms with Gasteiger partial charge in [-0.1, -0.05) is 12.1 Å². The van der Waals surface area contributed by atoms with Gasteiger partial charge in [-0.15, -0.1) is 4.91 Å². The summed E-state index contributed by atoms with van der Waals surface area (Å²) in [5.74, 6) is 0. The van der Waals surface area contributed by atoms with E-state index < -0.39 is 41.3 Å². The molecule has 1 aliphatic rings. The molecule has 1 aromatic carbocycles. The van der Waals surface area contributed by atoms with Gasteiger partial charge in [0.1, 0.15) is 11.8 Å². The molecule has 152 valence electrons. The summed E-state index contributed by atoms with van der Waals surface area (Å²) in [6.45, 7) is 0.203. The molecule has 28 heavy (non-hydrogen) atoms. The molecule has 5 nitrogen and oxygen atoms in total. The van der Waals surface area contributed by atoms with Crippen molar-refractivity contribution in [1.82, 2.24) is 9.99 Å². The standard InChI is InChI=1S/C17H15F6N3O2/c18-16(19,20)11-5-3-4-9-10(8-13(17(21,22)23)24-14(9)11)15(27)12-6-1-2-7-26(12)25-28/h3-5,8,12,15,27H,1-2,6-7H2/t12-,15+/m1/s1. The maximum Gasteiger partial charge on any atom is 0.433 e.